The van der Waals surface area contributed by atoms with Gasteiger partial charge in [-0.25, -0.2) is 5.01 Å². The molecule has 3 aliphatic heterocycles. The number of piperidine rings is 1. The lowest BCUT2D eigenvalue weighted by atomic mass is 9.91. The number of carbonyl (C=O) groups excluding carboxylic acids is 1. The maximum absolute atomic E-state index is 11.8. The second kappa shape index (κ2) is 6.58. The summed E-state index contributed by atoms with van der Waals surface area (Å²) >= 11 is 3.59. The number of pyridine rings is 1. The van der Waals surface area contributed by atoms with Gasteiger partial charge in [-0.15, -0.1) is 0 Å². The molecule has 3 aliphatic rings. The average Bonchev–Trinajstić information content (AvgIpc) is 3.17. The van der Waals surface area contributed by atoms with E-state index in [1.54, 1.807) is 13.1 Å². The maximum atomic E-state index is 11.8. The van der Waals surface area contributed by atoms with Crippen molar-refractivity contribution >= 4 is 27.5 Å². The van der Waals surface area contributed by atoms with E-state index in [-0.39, 0.29) is 11.9 Å². The van der Waals surface area contributed by atoms with E-state index in [9.17, 15) is 4.79 Å². The molecule has 6 nitrogen and oxygen atoms in total. The normalized spacial score (nSPS) is 22.4. The van der Waals surface area contributed by atoms with Crippen molar-refractivity contribution in [3.05, 3.63) is 58.3 Å². The van der Waals surface area contributed by atoms with Gasteiger partial charge in [0.15, 0.2) is 0 Å². The minimum atomic E-state index is -0.520. The fourth-order valence-electron chi connectivity index (χ4n) is 4.44. The highest BCUT2D eigenvalue weighted by Gasteiger charge is 2.52. The van der Waals surface area contributed by atoms with Crippen LogP contribution in [-0.2, 0) is 4.79 Å². The lowest BCUT2D eigenvalue weighted by molar-refractivity contribution is -0.158. The van der Waals surface area contributed by atoms with Crippen LogP contribution >= 0.6 is 15.9 Å². The number of hydrazone groups is 1. The first-order chi connectivity index (χ1) is 13.6. The molecule has 0 radical (unpaired) electrons. The van der Waals surface area contributed by atoms with Crippen LogP contribution in [0.4, 0.5) is 0 Å². The summed E-state index contributed by atoms with van der Waals surface area (Å²) in [6, 6.07) is 12.2. The van der Waals surface area contributed by atoms with Crippen LogP contribution in [0.15, 0.2) is 52.2 Å². The lowest BCUT2D eigenvalue weighted by Gasteiger charge is -2.51. The number of benzene rings is 1. The number of hydrogen-bond donors (Lipinski definition) is 0. The molecular weight excluding hydrogens is 420 g/mol. The van der Waals surface area contributed by atoms with E-state index < -0.39 is 5.72 Å². The summed E-state index contributed by atoms with van der Waals surface area (Å²) in [4.78, 5) is 18.2. The average molecular weight is 441 g/mol. The second-order valence-electron chi connectivity index (χ2n) is 7.56. The molecule has 1 fully saturated rings. The standard InChI is InChI=1S/C21H21BrN4O2/c1-14(27)25-10-7-21(8-11-25)26-19(16-12-15(22)5-6-20(16)28-21)13-18(24-26)17-4-2-3-9-23-17/h2-6,9,12,19H,7-8,10-11,13H2,1H3/t19-/m1/s1. The predicted octanol–water partition coefficient (Wildman–Crippen LogP) is 3.73. The van der Waals surface area contributed by atoms with Gasteiger partial charge in [0, 0.05) is 55.5 Å². The van der Waals surface area contributed by atoms with Crippen LogP contribution in [0.1, 0.15) is 43.5 Å². The third-order valence-electron chi connectivity index (χ3n) is 5.91. The molecule has 2 aromatic rings. The van der Waals surface area contributed by atoms with Crippen molar-refractivity contribution in [2.45, 2.75) is 38.0 Å². The van der Waals surface area contributed by atoms with Crippen molar-refractivity contribution in [1.29, 1.82) is 0 Å². The number of fused-ring (bicyclic) bond motifs is 4. The number of aromatic nitrogens is 1. The molecule has 1 spiro atoms. The fourth-order valence-corrected chi connectivity index (χ4v) is 4.82. The summed E-state index contributed by atoms with van der Waals surface area (Å²) < 4.78 is 7.61. The van der Waals surface area contributed by atoms with Gasteiger partial charge >= 0.3 is 0 Å². The fraction of sp³-hybridized carbons (Fsp3) is 0.381. The molecule has 0 N–H and O–H groups in total. The molecule has 1 atom stereocenters. The van der Waals surface area contributed by atoms with E-state index in [0.29, 0.717) is 13.1 Å². The summed E-state index contributed by atoms with van der Waals surface area (Å²) in [6.07, 6.45) is 4.06. The first-order valence-electron chi connectivity index (χ1n) is 9.58. The monoisotopic (exact) mass is 440 g/mol. The summed E-state index contributed by atoms with van der Waals surface area (Å²) in [6.45, 7) is 2.99. The Morgan fingerprint density at radius 2 is 2.07 bits per heavy atom. The third-order valence-corrected chi connectivity index (χ3v) is 6.40. The number of likely N-dealkylation sites (tertiary alicyclic amines) is 1. The molecule has 0 unspecified atom stereocenters. The smallest absolute Gasteiger partial charge is 0.219 e. The van der Waals surface area contributed by atoms with Gasteiger partial charge in [-0.2, -0.15) is 5.10 Å². The van der Waals surface area contributed by atoms with Gasteiger partial charge in [0.1, 0.15) is 5.75 Å². The molecule has 0 bridgehead atoms. The minimum Gasteiger partial charge on any atom is -0.466 e. The Kier molecular flexibility index (Phi) is 4.16. The molecule has 4 heterocycles. The first-order valence-corrected chi connectivity index (χ1v) is 10.4. The number of ether oxygens (including phenoxy) is 1. The van der Waals surface area contributed by atoms with E-state index in [1.807, 2.05) is 35.2 Å². The van der Waals surface area contributed by atoms with Gasteiger partial charge in [-0.3, -0.25) is 9.78 Å². The van der Waals surface area contributed by atoms with Crippen LogP contribution in [0, 0.1) is 0 Å². The number of amides is 1. The Hall–Kier alpha value is -2.41. The van der Waals surface area contributed by atoms with E-state index in [1.165, 1.54) is 0 Å². The predicted molar refractivity (Wildman–Crippen MR) is 109 cm³/mol. The Labute approximate surface area is 172 Å². The molecular formula is C21H21BrN4O2. The number of hydrogen-bond acceptors (Lipinski definition) is 5. The van der Waals surface area contributed by atoms with Gasteiger partial charge in [-0.1, -0.05) is 22.0 Å². The molecule has 1 amide bonds. The summed E-state index contributed by atoms with van der Waals surface area (Å²) in [5, 5.41) is 7.14. The van der Waals surface area contributed by atoms with Gasteiger partial charge in [0.25, 0.3) is 0 Å². The number of carbonyl (C=O) groups is 1. The Morgan fingerprint density at radius 1 is 1.25 bits per heavy atom. The van der Waals surface area contributed by atoms with Crippen molar-refractivity contribution in [2.75, 3.05) is 13.1 Å². The number of nitrogens with zero attached hydrogens (tertiary/aromatic N) is 4. The zero-order valence-corrected chi connectivity index (χ0v) is 17.2. The van der Waals surface area contributed by atoms with Gasteiger partial charge < -0.3 is 9.64 Å². The van der Waals surface area contributed by atoms with Crippen molar-refractivity contribution in [2.24, 2.45) is 5.10 Å². The van der Waals surface area contributed by atoms with Crippen LogP contribution in [0.5, 0.6) is 5.75 Å². The highest BCUT2D eigenvalue weighted by Crippen LogP contribution is 2.50. The number of halogens is 1. The molecule has 28 heavy (non-hydrogen) atoms. The molecule has 1 saturated heterocycles. The van der Waals surface area contributed by atoms with E-state index in [4.69, 9.17) is 9.84 Å². The zero-order valence-electron chi connectivity index (χ0n) is 15.6. The zero-order chi connectivity index (χ0) is 19.3. The number of rotatable bonds is 1. The lowest BCUT2D eigenvalue weighted by Crippen LogP contribution is -2.59. The van der Waals surface area contributed by atoms with Crippen LogP contribution in [-0.4, -0.2) is 45.3 Å². The van der Waals surface area contributed by atoms with Crippen molar-refractivity contribution < 1.29 is 9.53 Å². The van der Waals surface area contributed by atoms with Crippen LogP contribution < -0.4 is 4.74 Å². The van der Waals surface area contributed by atoms with Crippen molar-refractivity contribution in [3.63, 3.8) is 0 Å². The molecule has 7 heteroatoms. The van der Waals surface area contributed by atoms with Gasteiger partial charge in [-0.05, 0) is 30.3 Å². The van der Waals surface area contributed by atoms with E-state index in [0.717, 1.165) is 46.5 Å². The van der Waals surface area contributed by atoms with Crippen molar-refractivity contribution in [3.8, 4) is 5.75 Å². The highest BCUT2D eigenvalue weighted by atomic mass is 79.9. The van der Waals surface area contributed by atoms with Crippen molar-refractivity contribution in [1.82, 2.24) is 14.9 Å². The van der Waals surface area contributed by atoms with Crippen LogP contribution in [0.2, 0.25) is 0 Å². The molecule has 0 aliphatic carbocycles. The Morgan fingerprint density at radius 3 is 2.79 bits per heavy atom. The summed E-state index contributed by atoms with van der Waals surface area (Å²) in [7, 11) is 0. The highest BCUT2D eigenvalue weighted by molar-refractivity contribution is 9.10. The molecule has 144 valence electrons. The van der Waals surface area contributed by atoms with Gasteiger partial charge in [0.05, 0.1) is 17.4 Å². The summed E-state index contributed by atoms with van der Waals surface area (Å²) in [5.74, 6) is 1.03. The molecule has 1 aromatic carbocycles. The van der Waals surface area contributed by atoms with Crippen LogP contribution in [0.3, 0.4) is 0 Å². The summed E-state index contributed by atoms with van der Waals surface area (Å²) in [5.41, 5.74) is 2.51. The van der Waals surface area contributed by atoms with E-state index >= 15 is 0 Å². The molecule has 5 rings (SSSR count). The Bertz CT molecular complexity index is 954. The second-order valence-corrected chi connectivity index (χ2v) is 8.48. The Balaban J connectivity index is 1.56. The molecule has 1 aromatic heterocycles. The van der Waals surface area contributed by atoms with Gasteiger partial charge in [0.2, 0.25) is 11.6 Å². The minimum absolute atomic E-state index is 0.113. The van der Waals surface area contributed by atoms with E-state index in [2.05, 4.69) is 32.0 Å². The topological polar surface area (TPSA) is 58.0 Å². The quantitative estimate of drug-likeness (QED) is 0.677. The molecule has 0 saturated carbocycles. The first kappa shape index (κ1) is 17.7. The largest absolute Gasteiger partial charge is 0.466 e. The van der Waals surface area contributed by atoms with Crippen LogP contribution in [0.25, 0.3) is 0 Å². The third kappa shape index (κ3) is 2.80. The maximum Gasteiger partial charge on any atom is 0.219 e. The SMILES string of the molecule is CC(=O)N1CCC2(CC1)Oc1ccc(Br)cc1[C@H]1CC(c3ccccn3)=NN12.